The molecule has 2 aromatic rings. The summed E-state index contributed by atoms with van der Waals surface area (Å²) in [6.07, 6.45) is 0. The summed E-state index contributed by atoms with van der Waals surface area (Å²) in [6, 6.07) is 9.08. The lowest BCUT2D eigenvalue weighted by molar-refractivity contribution is 0.0696. The summed E-state index contributed by atoms with van der Waals surface area (Å²) in [5.74, 6) is -1.16. The van der Waals surface area contributed by atoms with Gasteiger partial charge in [0, 0.05) is 10.2 Å². The van der Waals surface area contributed by atoms with Gasteiger partial charge in [0.15, 0.2) is 0 Å². The molecule has 0 heterocycles. The van der Waals surface area contributed by atoms with Crippen molar-refractivity contribution < 1.29 is 18.3 Å². The molecule has 0 saturated carbocycles. The number of hydrogen-bond donors (Lipinski definition) is 2. The van der Waals surface area contributed by atoms with Gasteiger partial charge in [0.05, 0.1) is 10.5 Å². The molecule has 2 N–H and O–H groups in total. The van der Waals surface area contributed by atoms with Crippen molar-refractivity contribution in [3.8, 4) is 0 Å². The largest absolute Gasteiger partial charge is 0.478 e. The highest BCUT2D eigenvalue weighted by atomic mass is 79.9. The lowest BCUT2D eigenvalue weighted by Crippen LogP contribution is -2.14. The van der Waals surface area contributed by atoms with E-state index in [4.69, 9.17) is 5.11 Å². The van der Waals surface area contributed by atoms with Crippen LogP contribution in [-0.4, -0.2) is 19.5 Å². The van der Waals surface area contributed by atoms with Crippen molar-refractivity contribution in [2.45, 2.75) is 18.7 Å². The van der Waals surface area contributed by atoms with Crippen LogP contribution in [0.2, 0.25) is 0 Å². The van der Waals surface area contributed by atoms with Crippen LogP contribution < -0.4 is 4.72 Å². The van der Waals surface area contributed by atoms with E-state index >= 15 is 0 Å². The minimum Gasteiger partial charge on any atom is -0.478 e. The Morgan fingerprint density at radius 3 is 2.36 bits per heavy atom. The van der Waals surface area contributed by atoms with E-state index in [1.165, 1.54) is 12.1 Å². The van der Waals surface area contributed by atoms with Crippen LogP contribution in [0, 0.1) is 13.8 Å². The minimum atomic E-state index is -3.84. The summed E-state index contributed by atoms with van der Waals surface area (Å²) in [7, 11) is -3.84. The highest BCUT2D eigenvalue weighted by molar-refractivity contribution is 9.10. The quantitative estimate of drug-likeness (QED) is 0.844. The molecule has 0 fully saturated rings. The van der Waals surface area contributed by atoms with Crippen molar-refractivity contribution in [2.24, 2.45) is 0 Å². The summed E-state index contributed by atoms with van der Waals surface area (Å²) >= 11 is 3.34. The number of carbonyl (C=O) groups is 1. The van der Waals surface area contributed by atoms with Crippen LogP contribution in [0.5, 0.6) is 0 Å². The Bertz CT molecular complexity index is 847. The van der Waals surface area contributed by atoms with Crippen molar-refractivity contribution in [1.29, 1.82) is 0 Å². The van der Waals surface area contributed by atoms with Gasteiger partial charge in [-0.15, -0.1) is 0 Å². The second-order valence-electron chi connectivity index (χ2n) is 4.85. The fourth-order valence-electron chi connectivity index (χ4n) is 1.92. The third-order valence-electron chi connectivity index (χ3n) is 3.16. The van der Waals surface area contributed by atoms with Gasteiger partial charge in [-0.3, -0.25) is 4.72 Å². The lowest BCUT2D eigenvalue weighted by atomic mass is 10.1. The zero-order valence-corrected chi connectivity index (χ0v) is 14.3. The number of carboxylic acids is 1. The van der Waals surface area contributed by atoms with Gasteiger partial charge in [0.2, 0.25) is 0 Å². The van der Waals surface area contributed by atoms with Crippen LogP contribution in [-0.2, 0) is 10.0 Å². The Morgan fingerprint density at radius 2 is 1.77 bits per heavy atom. The molecule has 2 aromatic carbocycles. The van der Waals surface area contributed by atoms with Crippen LogP contribution in [0.1, 0.15) is 21.5 Å². The molecule has 0 spiro atoms. The number of aryl methyl sites for hydroxylation is 2. The smallest absolute Gasteiger partial charge is 0.335 e. The molecule has 116 valence electrons. The van der Waals surface area contributed by atoms with E-state index in [-0.39, 0.29) is 10.5 Å². The van der Waals surface area contributed by atoms with Gasteiger partial charge in [-0.1, -0.05) is 22.0 Å². The lowest BCUT2D eigenvalue weighted by Gasteiger charge is -2.11. The minimum absolute atomic E-state index is 0.0325. The zero-order chi connectivity index (χ0) is 16.5. The van der Waals surface area contributed by atoms with Gasteiger partial charge in [-0.25, -0.2) is 13.2 Å². The second kappa shape index (κ2) is 6.10. The number of rotatable bonds is 4. The molecule has 5 nitrogen and oxygen atoms in total. The van der Waals surface area contributed by atoms with Gasteiger partial charge in [0.25, 0.3) is 10.0 Å². The van der Waals surface area contributed by atoms with Crippen molar-refractivity contribution in [1.82, 2.24) is 0 Å². The fraction of sp³-hybridized carbons (Fsp3) is 0.133. The Morgan fingerprint density at radius 1 is 1.09 bits per heavy atom. The van der Waals surface area contributed by atoms with E-state index in [9.17, 15) is 13.2 Å². The second-order valence-corrected chi connectivity index (χ2v) is 7.39. The standard InChI is InChI=1S/C15H14BrNO4S/c1-9-3-5-12(8-13(9)15(18)19)22(20,21)17-11-4-6-14(16)10(2)7-11/h3-8,17H,1-2H3,(H,18,19). The van der Waals surface area contributed by atoms with Crippen molar-refractivity contribution >= 4 is 37.6 Å². The van der Waals surface area contributed by atoms with Crippen molar-refractivity contribution in [3.63, 3.8) is 0 Å². The Hall–Kier alpha value is -1.86. The number of benzene rings is 2. The highest BCUT2D eigenvalue weighted by Gasteiger charge is 2.18. The topological polar surface area (TPSA) is 83.5 Å². The molecule has 0 bridgehead atoms. The molecular formula is C15H14BrNO4S. The highest BCUT2D eigenvalue weighted by Crippen LogP contribution is 2.23. The van der Waals surface area contributed by atoms with E-state index in [1.54, 1.807) is 25.1 Å². The average molecular weight is 384 g/mol. The fourth-order valence-corrected chi connectivity index (χ4v) is 3.24. The Balaban J connectivity index is 2.40. The number of halogens is 1. The van der Waals surface area contributed by atoms with Gasteiger partial charge in [-0.05, 0) is 55.3 Å². The maximum atomic E-state index is 12.4. The molecular weight excluding hydrogens is 370 g/mol. The molecule has 0 aliphatic rings. The third-order valence-corrected chi connectivity index (χ3v) is 5.43. The summed E-state index contributed by atoms with van der Waals surface area (Å²) in [6.45, 7) is 3.46. The van der Waals surface area contributed by atoms with Crippen LogP contribution in [0.15, 0.2) is 45.8 Å². The first-order chi connectivity index (χ1) is 10.2. The molecule has 2 rings (SSSR count). The number of anilines is 1. The molecule has 22 heavy (non-hydrogen) atoms. The van der Waals surface area contributed by atoms with E-state index in [2.05, 4.69) is 20.7 Å². The van der Waals surface area contributed by atoms with E-state index < -0.39 is 16.0 Å². The normalized spacial score (nSPS) is 11.2. The van der Waals surface area contributed by atoms with Crippen LogP contribution >= 0.6 is 15.9 Å². The first-order valence-electron chi connectivity index (χ1n) is 6.33. The molecule has 0 radical (unpaired) electrons. The maximum Gasteiger partial charge on any atom is 0.335 e. The Kier molecular flexibility index (Phi) is 4.58. The number of nitrogens with one attached hydrogen (secondary N) is 1. The van der Waals surface area contributed by atoms with Crippen LogP contribution in [0.3, 0.4) is 0 Å². The van der Waals surface area contributed by atoms with Crippen LogP contribution in [0.25, 0.3) is 0 Å². The van der Waals surface area contributed by atoms with E-state index in [1.807, 2.05) is 6.92 Å². The molecule has 0 amide bonds. The number of aromatic carboxylic acids is 1. The molecule has 0 atom stereocenters. The van der Waals surface area contributed by atoms with E-state index in [0.29, 0.717) is 11.3 Å². The average Bonchev–Trinajstić information content (AvgIpc) is 2.42. The molecule has 0 aliphatic carbocycles. The Labute approximate surface area is 137 Å². The number of sulfonamides is 1. The predicted molar refractivity (Wildman–Crippen MR) is 87.8 cm³/mol. The molecule has 7 heteroatoms. The van der Waals surface area contributed by atoms with Gasteiger partial charge in [-0.2, -0.15) is 0 Å². The van der Waals surface area contributed by atoms with Crippen molar-refractivity contribution in [2.75, 3.05) is 4.72 Å². The number of hydrogen-bond acceptors (Lipinski definition) is 3. The summed E-state index contributed by atoms with van der Waals surface area (Å²) in [4.78, 5) is 11.0. The SMILES string of the molecule is Cc1cc(NS(=O)(=O)c2ccc(C)c(C(=O)O)c2)ccc1Br. The first-order valence-corrected chi connectivity index (χ1v) is 8.61. The van der Waals surface area contributed by atoms with Gasteiger partial charge in [0.1, 0.15) is 0 Å². The van der Waals surface area contributed by atoms with Gasteiger partial charge >= 0.3 is 5.97 Å². The monoisotopic (exact) mass is 383 g/mol. The van der Waals surface area contributed by atoms with Gasteiger partial charge < -0.3 is 5.11 Å². The maximum absolute atomic E-state index is 12.4. The van der Waals surface area contributed by atoms with E-state index in [0.717, 1.165) is 16.1 Å². The molecule has 0 saturated heterocycles. The summed E-state index contributed by atoms with van der Waals surface area (Å²) < 4.78 is 28.1. The number of carboxylic acid groups (broad SMARTS) is 1. The first kappa shape index (κ1) is 16.5. The molecule has 0 unspecified atom stereocenters. The summed E-state index contributed by atoms with van der Waals surface area (Å²) in [5.41, 5.74) is 1.77. The van der Waals surface area contributed by atoms with Crippen molar-refractivity contribution in [3.05, 3.63) is 57.6 Å². The molecule has 0 aromatic heterocycles. The molecule has 0 aliphatic heterocycles. The summed E-state index contributed by atoms with van der Waals surface area (Å²) in [5, 5.41) is 9.09. The zero-order valence-electron chi connectivity index (χ0n) is 11.9. The predicted octanol–water partition coefficient (Wildman–Crippen LogP) is 3.56. The third kappa shape index (κ3) is 3.48. The van der Waals surface area contributed by atoms with Crippen LogP contribution in [0.4, 0.5) is 5.69 Å².